The lowest BCUT2D eigenvalue weighted by Gasteiger charge is -2.16. The van der Waals surface area contributed by atoms with E-state index in [0.717, 1.165) is 28.7 Å². The maximum atomic E-state index is 11.9. The fraction of sp³-hybridized carbons (Fsp3) is 0.263. The van der Waals surface area contributed by atoms with Crippen molar-refractivity contribution < 1.29 is 4.79 Å². The second-order valence-electron chi connectivity index (χ2n) is 6.80. The number of thiazole rings is 1. The zero-order valence-corrected chi connectivity index (χ0v) is 15.8. The monoisotopic (exact) mass is 393 g/mol. The molecule has 1 amide bonds. The van der Waals surface area contributed by atoms with Crippen LogP contribution in [0, 0.1) is 17.2 Å². The molecule has 0 saturated heterocycles. The zero-order valence-electron chi connectivity index (χ0n) is 15.0. The topological polar surface area (TPSA) is 143 Å². The molecule has 4 rings (SSSR count). The Morgan fingerprint density at radius 2 is 2.18 bits per heavy atom. The molecule has 2 heterocycles. The Kier molecular flexibility index (Phi) is 4.81. The van der Waals surface area contributed by atoms with Gasteiger partial charge >= 0.3 is 0 Å². The molecule has 0 aliphatic heterocycles. The number of pyridine rings is 1. The van der Waals surface area contributed by atoms with Crippen LogP contribution < -0.4 is 22.1 Å². The maximum absolute atomic E-state index is 11.9. The summed E-state index contributed by atoms with van der Waals surface area (Å²) in [6, 6.07) is 9.18. The molecule has 1 saturated carbocycles. The first-order valence-corrected chi connectivity index (χ1v) is 9.78. The first-order chi connectivity index (χ1) is 13.5. The average molecular weight is 393 g/mol. The van der Waals surface area contributed by atoms with Crippen molar-refractivity contribution in [1.82, 2.24) is 9.97 Å². The highest BCUT2D eigenvalue weighted by molar-refractivity contribution is 7.16. The Bertz CT molecular complexity index is 1080. The van der Waals surface area contributed by atoms with Crippen LogP contribution in [0.1, 0.15) is 28.8 Å². The lowest BCUT2D eigenvalue weighted by atomic mass is 10.1. The number of nitrogens with two attached hydrogens (primary N) is 2. The van der Waals surface area contributed by atoms with Crippen molar-refractivity contribution in [2.75, 3.05) is 17.2 Å². The predicted molar refractivity (Wildman–Crippen MR) is 110 cm³/mol. The van der Waals surface area contributed by atoms with Gasteiger partial charge in [0.1, 0.15) is 17.7 Å². The molecule has 2 aromatic heterocycles. The second-order valence-corrected chi connectivity index (χ2v) is 7.69. The molecular weight excluding hydrogens is 374 g/mol. The number of primary amides is 1. The zero-order chi connectivity index (χ0) is 19.7. The van der Waals surface area contributed by atoms with Crippen molar-refractivity contribution in [3.63, 3.8) is 0 Å². The summed E-state index contributed by atoms with van der Waals surface area (Å²) in [7, 11) is 0. The van der Waals surface area contributed by atoms with Gasteiger partial charge in [0.05, 0.1) is 26.9 Å². The highest BCUT2D eigenvalue weighted by Crippen LogP contribution is 2.32. The minimum Gasteiger partial charge on any atom is -0.367 e. The number of aromatic nitrogens is 2. The quantitative estimate of drug-likeness (QED) is 0.483. The molecule has 1 unspecified atom stereocenters. The highest BCUT2D eigenvalue weighted by atomic mass is 32.1. The normalized spacial score (nSPS) is 14.4. The maximum Gasteiger partial charge on any atom is 0.252 e. The van der Waals surface area contributed by atoms with E-state index in [2.05, 4.69) is 26.7 Å². The number of nitriles is 1. The molecule has 0 spiro atoms. The lowest BCUT2D eigenvalue weighted by Crippen LogP contribution is -2.31. The number of nitrogens with one attached hydrogen (secondary N) is 2. The third-order valence-corrected chi connectivity index (χ3v) is 5.53. The third-order valence-electron chi connectivity index (χ3n) is 4.74. The summed E-state index contributed by atoms with van der Waals surface area (Å²) in [5.74, 6) is 0.529. The van der Waals surface area contributed by atoms with E-state index in [-0.39, 0.29) is 23.0 Å². The summed E-state index contributed by atoms with van der Waals surface area (Å²) in [4.78, 5) is 20.6. The molecular formula is C19H19N7OS. The fourth-order valence-electron chi connectivity index (χ4n) is 2.99. The van der Waals surface area contributed by atoms with Crippen molar-refractivity contribution in [1.29, 1.82) is 5.26 Å². The lowest BCUT2D eigenvalue weighted by molar-refractivity contribution is 0.100. The number of nitrogens with zero attached hydrogens (tertiary/aromatic N) is 3. The molecule has 8 nitrogen and oxygen atoms in total. The first kappa shape index (κ1) is 18.2. The van der Waals surface area contributed by atoms with Gasteiger partial charge in [-0.15, -0.1) is 11.3 Å². The molecule has 1 aromatic carbocycles. The molecule has 1 fully saturated rings. The molecule has 142 valence electrons. The molecule has 9 heteroatoms. The number of carbonyl (C=O) groups excluding carboxylic acids is 1. The van der Waals surface area contributed by atoms with Crippen molar-refractivity contribution in [2.24, 2.45) is 17.4 Å². The van der Waals surface area contributed by atoms with Gasteiger partial charge in [-0.05, 0) is 43.0 Å². The Hall–Kier alpha value is -3.22. The van der Waals surface area contributed by atoms with Crippen LogP contribution in [0.4, 0.5) is 17.3 Å². The van der Waals surface area contributed by atoms with Crippen LogP contribution in [0.3, 0.4) is 0 Å². The minimum absolute atomic E-state index is 0.00862. The van der Waals surface area contributed by atoms with Gasteiger partial charge in [-0.2, -0.15) is 5.26 Å². The van der Waals surface area contributed by atoms with Crippen LogP contribution in [-0.4, -0.2) is 28.5 Å². The van der Waals surface area contributed by atoms with Crippen molar-refractivity contribution in [3.05, 3.63) is 40.9 Å². The number of amides is 1. The van der Waals surface area contributed by atoms with Crippen LogP contribution in [0.15, 0.2) is 29.8 Å². The van der Waals surface area contributed by atoms with Crippen molar-refractivity contribution in [3.8, 4) is 6.07 Å². The Balaban J connectivity index is 1.65. The first-order valence-electron chi connectivity index (χ1n) is 8.90. The van der Waals surface area contributed by atoms with E-state index in [1.807, 2.05) is 18.2 Å². The van der Waals surface area contributed by atoms with Crippen LogP contribution in [0.25, 0.3) is 10.2 Å². The third kappa shape index (κ3) is 3.74. The Morgan fingerprint density at radius 3 is 2.89 bits per heavy atom. The summed E-state index contributed by atoms with van der Waals surface area (Å²) in [6.07, 6.45) is 2.27. The van der Waals surface area contributed by atoms with Crippen molar-refractivity contribution in [2.45, 2.75) is 18.9 Å². The number of hydrogen-bond donors (Lipinski definition) is 4. The Labute approximate surface area is 165 Å². The van der Waals surface area contributed by atoms with Gasteiger partial charge in [0.2, 0.25) is 0 Å². The molecule has 1 atom stereocenters. The molecule has 28 heavy (non-hydrogen) atoms. The van der Waals surface area contributed by atoms with E-state index >= 15 is 0 Å². The molecule has 0 radical (unpaired) electrons. The summed E-state index contributed by atoms with van der Waals surface area (Å²) in [5, 5.41) is 15.7. The van der Waals surface area contributed by atoms with Crippen LogP contribution >= 0.6 is 11.3 Å². The largest absolute Gasteiger partial charge is 0.367 e. The van der Waals surface area contributed by atoms with Gasteiger partial charge in [0.15, 0.2) is 0 Å². The summed E-state index contributed by atoms with van der Waals surface area (Å²) >= 11 is 1.52. The van der Waals surface area contributed by atoms with Crippen LogP contribution in [0.2, 0.25) is 0 Å². The van der Waals surface area contributed by atoms with Gasteiger partial charge in [-0.3, -0.25) is 4.79 Å². The number of rotatable bonds is 7. The van der Waals surface area contributed by atoms with E-state index in [9.17, 15) is 10.1 Å². The molecule has 0 bridgehead atoms. The molecule has 3 aromatic rings. The second kappa shape index (κ2) is 7.42. The number of anilines is 3. The smallest absolute Gasteiger partial charge is 0.252 e. The van der Waals surface area contributed by atoms with Gasteiger partial charge in [0, 0.05) is 18.3 Å². The molecule has 1 aliphatic carbocycles. The van der Waals surface area contributed by atoms with E-state index in [1.54, 1.807) is 5.51 Å². The summed E-state index contributed by atoms with van der Waals surface area (Å²) < 4.78 is 1.01. The van der Waals surface area contributed by atoms with E-state index in [4.69, 9.17) is 11.5 Å². The van der Waals surface area contributed by atoms with Crippen molar-refractivity contribution >= 4 is 44.8 Å². The minimum atomic E-state index is -0.661. The van der Waals surface area contributed by atoms with E-state index < -0.39 is 5.91 Å². The number of fused-ring (bicyclic) bond motifs is 1. The highest BCUT2D eigenvalue weighted by Gasteiger charge is 2.28. The predicted octanol–water partition coefficient (Wildman–Crippen LogP) is 2.55. The van der Waals surface area contributed by atoms with Crippen LogP contribution in [-0.2, 0) is 0 Å². The average Bonchev–Trinajstić information content (AvgIpc) is 3.44. The molecule has 6 N–H and O–H groups in total. The number of hydrogen-bond acceptors (Lipinski definition) is 8. The van der Waals surface area contributed by atoms with E-state index in [1.165, 1.54) is 17.4 Å². The SMILES string of the molecule is N#Cc1cc(C(N)=O)c(Nc2ccc3ncsc3c2)nc1NCC(N)C1CC1. The number of carbonyl (C=O) groups is 1. The standard InChI is InChI=1S/C19H19N7OS/c20-7-11-5-13(17(22)27)19(26-18(11)23-8-14(21)10-1-2-10)25-12-3-4-15-16(6-12)28-9-24-15/h3-6,9-10,14H,1-2,8,21H2,(H2,22,27)(H2,23,25,26). The summed E-state index contributed by atoms with van der Waals surface area (Å²) in [5.41, 5.74) is 15.5. The van der Waals surface area contributed by atoms with E-state index in [0.29, 0.717) is 18.3 Å². The van der Waals surface area contributed by atoms with Gasteiger partial charge in [0.25, 0.3) is 5.91 Å². The summed E-state index contributed by atoms with van der Waals surface area (Å²) in [6.45, 7) is 0.508. The fourth-order valence-corrected chi connectivity index (χ4v) is 3.71. The van der Waals surface area contributed by atoms with Gasteiger partial charge in [-0.25, -0.2) is 9.97 Å². The van der Waals surface area contributed by atoms with Gasteiger partial charge in [-0.1, -0.05) is 0 Å². The van der Waals surface area contributed by atoms with Crippen LogP contribution in [0.5, 0.6) is 0 Å². The molecule has 1 aliphatic rings. The van der Waals surface area contributed by atoms with Gasteiger partial charge < -0.3 is 22.1 Å². The Morgan fingerprint density at radius 1 is 1.36 bits per heavy atom. The number of benzene rings is 1.